The van der Waals surface area contributed by atoms with E-state index in [1.165, 1.54) is 0 Å². The number of amides is 2. The molecule has 2 amide bonds. The molecule has 3 aromatic rings. The number of rotatable bonds is 3. The van der Waals surface area contributed by atoms with E-state index in [0.29, 0.717) is 12.2 Å². The van der Waals surface area contributed by atoms with Crippen LogP contribution in [0.2, 0.25) is 0 Å². The van der Waals surface area contributed by atoms with E-state index in [-0.39, 0.29) is 11.8 Å². The summed E-state index contributed by atoms with van der Waals surface area (Å²) in [5.41, 5.74) is 1.60. The average Bonchev–Trinajstić information content (AvgIpc) is 2.58. The summed E-state index contributed by atoms with van der Waals surface area (Å²) >= 11 is 10.3. The van der Waals surface area contributed by atoms with Gasteiger partial charge in [-0.25, -0.2) is 4.79 Å². The summed E-state index contributed by atoms with van der Waals surface area (Å²) in [7, 11) is 0. The number of hydrogen-bond acceptors (Lipinski definition) is 2. The van der Waals surface area contributed by atoms with Gasteiger partial charge in [0.15, 0.2) is 0 Å². The molecule has 3 N–H and O–H groups in total. The van der Waals surface area contributed by atoms with Crippen LogP contribution in [0.4, 0.5) is 10.5 Å². The molecule has 4 nitrogen and oxygen atoms in total. The highest BCUT2D eigenvalue weighted by molar-refractivity contribution is 9.11. The summed E-state index contributed by atoms with van der Waals surface area (Å²) in [4.78, 5) is 12.3. The number of nitrogens with one attached hydrogen (secondary N) is 2. The maximum absolute atomic E-state index is 12.3. The van der Waals surface area contributed by atoms with Gasteiger partial charge in [-0.05, 0) is 63.3 Å². The largest absolute Gasteiger partial charge is 0.508 e. The van der Waals surface area contributed by atoms with E-state index in [1.807, 2.05) is 30.3 Å². The van der Waals surface area contributed by atoms with Gasteiger partial charge in [-0.1, -0.05) is 44.0 Å². The monoisotopic (exact) mass is 526 g/mol. The topological polar surface area (TPSA) is 61.4 Å². The van der Waals surface area contributed by atoms with Crippen molar-refractivity contribution < 1.29 is 9.90 Å². The lowest BCUT2D eigenvalue weighted by atomic mass is 10.1. The molecule has 0 atom stereocenters. The first-order valence-electron chi connectivity index (χ1n) is 7.34. The van der Waals surface area contributed by atoms with E-state index in [1.54, 1.807) is 18.2 Å². The lowest BCUT2D eigenvalue weighted by Gasteiger charge is -2.14. The highest BCUT2D eigenvalue weighted by Gasteiger charge is 2.13. The number of halogens is 3. The number of fused-ring (bicyclic) bond motifs is 1. The second-order valence-corrected chi connectivity index (χ2v) is 8.00. The van der Waals surface area contributed by atoms with Crippen molar-refractivity contribution in [2.75, 3.05) is 5.32 Å². The van der Waals surface area contributed by atoms with E-state index >= 15 is 0 Å². The van der Waals surface area contributed by atoms with Gasteiger partial charge in [-0.2, -0.15) is 0 Å². The van der Waals surface area contributed by atoms with Crippen LogP contribution in [0.25, 0.3) is 10.8 Å². The van der Waals surface area contributed by atoms with Gasteiger partial charge in [0.05, 0.1) is 5.69 Å². The fraction of sp³-hybridized carbons (Fsp3) is 0.0556. The van der Waals surface area contributed by atoms with Crippen molar-refractivity contribution in [1.29, 1.82) is 0 Å². The molecule has 0 radical (unpaired) electrons. The summed E-state index contributed by atoms with van der Waals surface area (Å²) in [6.45, 7) is 0.413. The molecule has 0 saturated heterocycles. The quantitative estimate of drug-likeness (QED) is 0.381. The van der Waals surface area contributed by atoms with Crippen molar-refractivity contribution in [2.45, 2.75) is 6.54 Å². The third-order valence-electron chi connectivity index (χ3n) is 3.63. The summed E-state index contributed by atoms with van der Waals surface area (Å²) in [6.07, 6.45) is 0. The summed E-state index contributed by atoms with van der Waals surface area (Å²) in [5, 5.41) is 17.1. The van der Waals surface area contributed by atoms with Crippen LogP contribution in [0.3, 0.4) is 0 Å². The van der Waals surface area contributed by atoms with Crippen molar-refractivity contribution in [3.8, 4) is 5.75 Å². The van der Waals surface area contributed by atoms with Gasteiger partial charge in [0.25, 0.3) is 0 Å². The van der Waals surface area contributed by atoms with E-state index in [0.717, 1.165) is 29.8 Å². The van der Waals surface area contributed by atoms with Crippen LogP contribution in [0, 0.1) is 0 Å². The number of carbonyl (C=O) groups excluding carboxylic acids is 1. The number of benzene rings is 3. The Bertz CT molecular complexity index is 943. The minimum absolute atomic E-state index is 0.135. The second kappa shape index (κ2) is 7.76. The number of aromatic hydroxyl groups is 1. The van der Waals surface area contributed by atoms with Crippen LogP contribution in [0.15, 0.2) is 61.9 Å². The Morgan fingerprint density at radius 1 is 0.920 bits per heavy atom. The Morgan fingerprint density at radius 3 is 2.36 bits per heavy atom. The molecule has 0 fully saturated rings. The van der Waals surface area contributed by atoms with E-state index in [4.69, 9.17) is 0 Å². The van der Waals surface area contributed by atoms with Crippen molar-refractivity contribution in [2.24, 2.45) is 0 Å². The predicted molar refractivity (Wildman–Crippen MR) is 111 cm³/mol. The molecule has 0 aliphatic rings. The molecule has 0 saturated carbocycles. The average molecular weight is 529 g/mol. The minimum Gasteiger partial charge on any atom is -0.508 e. The Labute approximate surface area is 170 Å². The molecule has 0 aliphatic heterocycles. The zero-order valence-corrected chi connectivity index (χ0v) is 17.6. The summed E-state index contributed by atoms with van der Waals surface area (Å²) in [5.74, 6) is 0.135. The van der Waals surface area contributed by atoms with Gasteiger partial charge >= 0.3 is 6.03 Å². The third kappa shape index (κ3) is 4.34. The molecule has 25 heavy (non-hydrogen) atoms. The molecular weight excluding hydrogens is 516 g/mol. The fourth-order valence-electron chi connectivity index (χ4n) is 2.41. The van der Waals surface area contributed by atoms with Crippen LogP contribution in [-0.2, 0) is 6.54 Å². The maximum atomic E-state index is 12.3. The molecule has 0 bridgehead atoms. The first-order valence-corrected chi connectivity index (χ1v) is 9.72. The van der Waals surface area contributed by atoms with Crippen LogP contribution < -0.4 is 10.6 Å². The highest BCUT2D eigenvalue weighted by Crippen LogP contribution is 2.38. The molecule has 3 rings (SSSR count). The second-order valence-electron chi connectivity index (χ2n) is 5.38. The number of carbonyl (C=O) groups is 1. The number of phenolic OH excluding ortho intramolecular Hbond substituents is 1. The van der Waals surface area contributed by atoms with Gasteiger partial charge in [0, 0.05) is 25.3 Å². The lowest BCUT2D eigenvalue weighted by Crippen LogP contribution is -2.28. The van der Waals surface area contributed by atoms with E-state index in [2.05, 4.69) is 58.4 Å². The van der Waals surface area contributed by atoms with Crippen LogP contribution in [0.1, 0.15) is 5.56 Å². The number of hydrogen-bond donors (Lipinski definition) is 3. The summed E-state index contributed by atoms with van der Waals surface area (Å²) in [6, 6.07) is 14.3. The predicted octanol–water partition coefficient (Wildman–Crippen LogP) is 6.15. The molecule has 0 aliphatic carbocycles. The van der Waals surface area contributed by atoms with Crippen molar-refractivity contribution in [3.63, 3.8) is 0 Å². The van der Waals surface area contributed by atoms with Crippen LogP contribution >= 0.6 is 47.8 Å². The Morgan fingerprint density at radius 2 is 1.64 bits per heavy atom. The maximum Gasteiger partial charge on any atom is 0.319 e. The Kier molecular flexibility index (Phi) is 5.66. The minimum atomic E-state index is -0.324. The number of urea groups is 1. The Hall–Kier alpha value is -1.57. The zero-order valence-electron chi connectivity index (χ0n) is 12.8. The van der Waals surface area contributed by atoms with E-state index < -0.39 is 0 Å². The first kappa shape index (κ1) is 18.2. The van der Waals surface area contributed by atoms with Crippen molar-refractivity contribution in [3.05, 3.63) is 67.5 Å². The number of anilines is 1. The van der Waals surface area contributed by atoms with Crippen molar-refractivity contribution >= 4 is 70.3 Å². The third-order valence-corrected chi connectivity index (χ3v) is 5.44. The molecule has 0 spiro atoms. The molecule has 128 valence electrons. The first-order chi connectivity index (χ1) is 11.9. The zero-order chi connectivity index (χ0) is 18.0. The molecule has 0 heterocycles. The lowest BCUT2D eigenvalue weighted by molar-refractivity contribution is 0.252. The van der Waals surface area contributed by atoms with Gasteiger partial charge in [0.1, 0.15) is 5.75 Å². The molecule has 0 aromatic heterocycles. The van der Waals surface area contributed by atoms with Crippen molar-refractivity contribution in [1.82, 2.24) is 5.32 Å². The smallest absolute Gasteiger partial charge is 0.319 e. The molecule has 7 heteroatoms. The fourth-order valence-corrected chi connectivity index (χ4v) is 4.09. The van der Waals surface area contributed by atoms with Gasteiger partial charge in [-0.15, -0.1) is 0 Å². The Balaban J connectivity index is 1.81. The standard InChI is InChI=1S/C18H13Br3N2O2/c19-11-3-1-10(2-4-11)9-22-18(25)23-17-14-7-12(24)5-6-13(14)15(20)8-16(17)21/h1-8,24H,9H2,(H2,22,23,25). The van der Waals surface area contributed by atoms with Crippen LogP contribution in [-0.4, -0.2) is 11.1 Å². The van der Waals surface area contributed by atoms with Gasteiger partial charge < -0.3 is 15.7 Å². The van der Waals surface area contributed by atoms with E-state index in [9.17, 15) is 9.90 Å². The molecule has 0 unspecified atom stereocenters. The SMILES string of the molecule is O=C(NCc1ccc(Br)cc1)Nc1c(Br)cc(Br)c2ccc(O)cc12. The molecular formula is C18H13Br3N2O2. The normalized spacial score (nSPS) is 10.7. The molecule has 3 aromatic carbocycles. The summed E-state index contributed by atoms with van der Waals surface area (Å²) < 4.78 is 2.58. The van der Waals surface area contributed by atoms with Crippen LogP contribution in [0.5, 0.6) is 5.75 Å². The van der Waals surface area contributed by atoms with Gasteiger partial charge in [-0.3, -0.25) is 0 Å². The highest BCUT2D eigenvalue weighted by atomic mass is 79.9. The number of phenols is 1. The van der Waals surface area contributed by atoms with Gasteiger partial charge in [0.2, 0.25) is 0 Å².